The summed E-state index contributed by atoms with van der Waals surface area (Å²) in [6, 6.07) is 17.9. The van der Waals surface area contributed by atoms with Crippen molar-refractivity contribution in [3.63, 3.8) is 0 Å². The minimum atomic E-state index is 0.0264. The summed E-state index contributed by atoms with van der Waals surface area (Å²) in [7, 11) is 2.20. The zero-order valence-electron chi connectivity index (χ0n) is 23.1. The fourth-order valence-electron chi connectivity index (χ4n) is 6.64. The summed E-state index contributed by atoms with van der Waals surface area (Å²) in [6.45, 7) is 11.9. The summed E-state index contributed by atoms with van der Waals surface area (Å²) in [6.07, 6.45) is 18.0. The summed E-state index contributed by atoms with van der Waals surface area (Å²) in [5, 5.41) is 0. The number of rotatable bonds is 3. The Labute approximate surface area is 218 Å². The highest BCUT2D eigenvalue weighted by Crippen LogP contribution is 2.44. The van der Waals surface area contributed by atoms with Gasteiger partial charge in [0.25, 0.3) is 0 Å². The predicted octanol–water partition coefficient (Wildman–Crippen LogP) is 9.09. The van der Waals surface area contributed by atoms with E-state index in [0.29, 0.717) is 5.92 Å². The molecule has 0 fully saturated rings. The van der Waals surface area contributed by atoms with Gasteiger partial charge in [-0.25, -0.2) is 0 Å². The molecule has 1 atom stereocenters. The molecule has 0 saturated carbocycles. The molecule has 1 nitrogen and oxygen atoms in total. The second-order valence-corrected chi connectivity index (χ2v) is 12.1. The lowest BCUT2D eigenvalue weighted by molar-refractivity contribution is -0.401. The number of allylic oxidation sites excluding steroid dienone is 8. The predicted molar refractivity (Wildman–Crippen MR) is 155 cm³/mol. The van der Waals surface area contributed by atoms with Crippen LogP contribution in [0.1, 0.15) is 89.3 Å². The van der Waals surface area contributed by atoms with Gasteiger partial charge in [-0.3, -0.25) is 0 Å². The molecule has 0 aromatic heterocycles. The number of fused-ring (bicyclic) bond motifs is 2. The molecular weight excluding hydrogens is 434 g/mol. The Morgan fingerprint density at radius 3 is 2.31 bits per heavy atom. The van der Waals surface area contributed by atoms with Crippen molar-refractivity contribution >= 4 is 11.4 Å². The first-order valence-electron chi connectivity index (χ1n) is 13.8. The van der Waals surface area contributed by atoms with Crippen LogP contribution < -0.4 is 0 Å². The third kappa shape index (κ3) is 4.38. The van der Waals surface area contributed by atoms with E-state index in [-0.39, 0.29) is 10.8 Å². The summed E-state index contributed by atoms with van der Waals surface area (Å²) in [5.74, 6) is 0.618. The molecule has 1 unspecified atom stereocenters. The number of para-hydroxylation sites is 1. The fraction of sp³-hybridized carbons (Fsp3) is 0.400. The van der Waals surface area contributed by atoms with Crippen molar-refractivity contribution in [1.82, 2.24) is 0 Å². The molecular formula is C35H42N+. The van der Waals surface area contributed by atoms with Crippen LogP contribution in [0.2, 0.25) is 0 Å². The molecule has 2 aliphatic carbocycles. The molecule has 186 valence electrons. The van der Waals surface area contributed by atoms with Gasteiger partial charge in [0.1, 0.15) is 7.05 Å². The average Bonchev–Trinajstić information content (AvgIpc) is 3.01. The van der Waals surface area contributed by atoms with Gasteiger partial charge in [-0.2, -0.15) is 4.58 Å². The van der Waals surface area contributed by atoms with Gasteiger partial charge < -0.3 is 0 Å². The topological polar surface area (TPSA) is 3.01 Å². The Hall–Kier alpha value is -2.93. The SMILES string of the molecule is CC1CC/C(=C/C=C2C=C(/C=C/C3=[N+](C)c4ccccc4C3(C)C)CCC/2)C(C)(C)c2ccccc21. The lowest BCUT2D eigenvalue weighted by atomic mass is 9.75. The minimum Gasteiger partial charge on any atom is -0.198 e. The van der Waals surface area contributed by atoms with Crippen LogP contribution in [-0.2, 0) is 10.8 Å². The van der Waals surface area contributed by atoms with Crippen molar-refractivity contribution in [2.24, 2.45) is 0 Å². The number of hydrogen-bond acceptors (Lipinski definition) is 0. The first kappa shape index (κ1) is 24.8. The Kier molecular flexibility index (Phi) is 6.54. The van der Waals surface area contributed by atoms with E-state index in [0.717, 1.165) is 6.42 Å². The second kappa shape index (κ2) is 9.51. The first-order valence-corrected chi connectivity index (χ1v) is 13.8. The molecule has 0 radical (unpaired) electrons. The smallest absolute Gasteiger partial charge is 0.198 e. The van der Waals surface area contributed by atoms with Crippen LogP contribution in [-0.4, -0.2) is 17.3 Å². The standard InChI is InChI=1S/C35H42N/c1-25-18-21-28(34(2,3)30-15-8-7-14-29(25)30)22-19-26-12-11-13-27(24-26)20-23-33-35(4,5)31-16-9-10-17-32(31)36(33)6/h7-10,14-17,19-20,22-25H,11-13,18,21H2,1-6H3/q+1/b23-20+,26-19+,28-22-. The van der Waals surface area contributed by atoms with E-state index < -0.39 is 0 Å². The van der Waals surface area contributed by atoms with Crippen LogP contribution in [0.4, 0.5) is 5.69 Å². The highest BCUT2D eigenvalue weighted by atomic mass is 15.0. The van der Waals surface area contributed by atoms with Crippen LogP contribution in [0.3, 0.4) is 0 Å². The van der Waals surface area contributed by atoms with Crippen molar-refractivity contribution in [3.8, 4) is 0 Å². The molecule has 2 aromatic carbocycles. The molecule has 2 aromatic rings. The molecule has 3 aliphatic rings. The summed E-state index contributed by atoms with van der Waals surface area (Å²) < 4.78 is 2.36. The van der Waals surface area contributed by atoms with E-state index in [1.54, 1.807) is 5.57 Å². The van der Waals surface area contributed by atoms with Crippen molar-refractivity contribution in [2.45, 2.75) is 83.5 Å². The summed E-state index contributed by atoms with van der Waals surface area (Å²) in [5.41, 5.74) is 11.7. The molecule has 5 rings (SSSR count). The maximum absolute atomic E-state index is 2.45. The highest BCUT2D eigenvalue weighted by molar-refractivity contribution is 6.03. The van der Waals surface area contributed by atoms with Gasteiger partial charge in [0.05, 0.1) is 5.41 Å². The molecule has 1 heteroatoms. The van der Waals surface area contributed by atoms with Crippen LogP contribution in [0.5, 0.6) is 0 Å². The van der Waals surface area contributed by atoms with Crippen LogP contribution in [0, 0.1) is 0 Å². The summed E-state index contributed by atoms with van der Waals surface area (Å²) >= 11 is 0. The average molecular weight is 477 g/mol. The van der Waals surface area contributed by atoms with Crippen molar-refractivity contribution in [3.05, 3.63) is 112 Å². The second-order valence-electron chi connectivity index (χ2n) is 12.1. The Bertz CT molecular complexity index is 1320. The molecule has 36 heavy (non-hydrogen) atoms. The molecule has 0 bridgehead atoms. The van der Waals surface area contributed by atoms with Crippen molar-refractivity contribution in [2.75, 3.05) is 7.05 Å². The van der Waals surface area contributed by atoms with E-state index in [1.165, 1.54) is 64.9 Å². The summed E-state index contributed by atoms with van der Waals surface area (Å²) in [4.78, 5) is 0. The molecule has 1 heterocycles. The van der Waals surface area contributed by atoms with E-state index in [2.05, 4.69) is 125 Å². The van der Waals surface area contributed by atoms with Gasteiger partial charge in [0, 0.05) is 23.1 Å². The van der Waals surface area contributed by atoms with E-state index >= 15 is 0 Å². The Balaban J connectivity index is 1.41. The van der Waals surface area contributed by atoms with Crippen LogP contribution >= 0.6 is 0 Å². The van der Waals surface area contributed by atoms with Gasteiger partial charge in [0.2, 0.25) is 5.69 Å². The monoisotopic (exact) mass is 476 g/mol. The maximum atomic E-state index is 2.45. The lowest BCUT2D eigenvalue weighted by Crippen LogP contribution is -2.26. The fourth-order valence-corrected chi connectivity index (χ4v) is 6.64. The number of benzene rings is 2. The van der Waals surface area contributed by atoms with Gasteiger partial charge in [-0.15, -0.1) is 0 Å². The van der Waals surface area contributed by atoms with Gasteiger partial charge >= 0.3 is 0 Å². The first-order chi connectivity index (χ1) is 17.2. The van der Waals surface area contributed by atoms with Gasteiger partial charge in [0.15, 0.2) is 5.71 Å². The quantitative estimate of drug-likeness (QED) is 0.307. The number of hydrogen-bond donors (Lipinski definition) is 0. The molecule has 0 N–H and O–H groups in total. The Morgan fingerprint density at radius 1 is 0.806 bits per heavy atom. The zero-order chi connectivity index (χ0) is 25.5. The third-order valence-corrected chi connectivity index (χ3v) is 9.01. The largest absolute Gasteiger partial charge is 0.209 e. The van der Waals surface area contributed by atoms with Gasteiger partial charge in [-0.05, 0) is 74.1 Å². The third-order valence-electron chi connectivity index (χ3n) is 9.01. The highest BCUT2D eigenvalue weighted by Gasteiger charge is 2.42. The van der Waals surface area contributed by atoms with Crippen LogP contribution in [0.15, 0.2) is 95.6 Å². The lowest BCUT2D eigenvalue weighted by Gasteiger charge is -2.29. The van der Waals surface area contributed by atoms with E-state index in [4.69, 9.17) is 0 Å². The number of nitrogens with zero attached hydrogens (tertiary/aromatic N) is 1. The minimum absolute atomic E-state index is 0.0264. The molecule has 0 amide bonds. The van der Waals surface area contributed by atoms with Gasteiger partial charge in [-0.1, -0.05) is 93.1 Å². The molecule has 1 aliphatic heterocycles. The molecule has 0 saturated heterocycles. The van der Waals surface area contributed by atoms with E-state index in [1.807, 2.05) is 0 Å². The normalized spacial score (nSPS) is 25.2. The van der Waals surface area contributed by atoms with Crippen molar-refractivity contribution < 1.29 is 4.58 Å². The molecule has 0 spiro atoms. The van der Waals surface area contributed by atoms with Crippen molar-refractivity contribution in [1.29, 1.82) is 0 Å². The van der Waals surface area contributed by atoms with Crippen LogP contribution in [0.25, 0.3) is 0 Å². The van der Waals surface area contributed by atoms with E-state index in [9.17, 15) is 0 Å². The maximum Gasteiger partial charge on any atom is 0.209 e. The zero-order valence-corrected chi connectivity index (χ0v) is 23.1. The Morgan fingerprint density at radius 2 is 1.53 bits per heavy atom.